The second kappa shape index (κ2) is 9.74. The van der Waals surface area contributed by atoms with Crippen LogP contribution in [0, 0.1) is 51.4 Å². The van der Waals surface area contributed by atoms with Crippen molar-refractivity contribution in [1.29, 1.82) is 0 Å². The Morgan fingerprint density at radius 2 is 0.639 bits per heavy atom. The van der Waals surface area contributed by atoms with E-state index in [1.807, 2.05) is 49.2 Å². The first-order valence-electron chi connectivity index (χ1n) is 11.5. The minimum atomic E-state index is -0.872. The van der Waals surface area contributed by atoms with Crippen molar-refractivity contribution < 1.29 is 19.2 Å². The molecule has 4 aromatic rings. The predicted octanol–water partition coefficient (Wildman–Crippen LogP) is 7.48. The van der Waals surface area contributed by atoms with E-state index in [0.29, 0.717) is 19.5 Å². The second-order valence-electron chi connectivity index (χ2n) is 9.51. The first-order valence-corrected chi connectivity index (χ1v) is 15.0. The lowest BCUT2D eigenvalue weighted by molar-refractivity contribution is 0.00776. The molecule has 0 amide bonds. The van der Waals surface area contributed by atoms with Gasteiger partial charge in [0.1, 0.15) is 0 Å². The third kappa shape index (κ3) is 4.41. The average molecular weight is 553 g/mol. The lowest BCUT2D eigenvalue weighted by Crippen LogP contribution is -2.59. The van der Waals surface area contributed by atoms with Gasteiger partial charge in [0.25, 0.3) is 0 Å². The fourth-order valence-electron chi connectivity index (χ4n) is 4.95. The Balaban J connectivity index is 1.63. The zero-order valence-corrected chi connectivity index (χ0v) is 23.5. The van der Waals surface area contributed by atoms with Crippen LogP contribution in [0.3, 0.4) is 0 Å². The molecule has 4 aromatic heterocycles. The van der Waals surface area contributed by atoms with Crippen molar-refractivity contribution in [3.8, 4) is 0 Å². The third-order valence-corrected chi connectivity index (χ3v) is 10.9. The Hall–Kier alpha value is -2.52. The Labute approximate surface area is 225 Å². The number of carbonyl (C=O) groups excluding carboxylic acids is 4. The summed E-state index contributed by atoms with van der Waals surface area (Å²) in [5, 5.41) is 7.56. The van der Waals surface area contributed by atoms with Crippen LogP contribution in [-0.2, 0) is 0 Å². The quantitative estimate of drug-likeness (QED) is 0.213. The molecule has 5 rings (SSSR count). The van der Waals surface area contributed by atoms with Gasteiger partial charge in [-0.15, -0.1) is 45.3 Å². The zero-order valence-electron chi connectivity index (χ0n) is 20.2. The maximum absolute atomic E-state index is 13.9. The summed E-state index contributed by atoms with van der Waals surface area (Å²) in [6, 6.07) is 7.22. The van der Waals surface area contributed by atoms with Crippen LogP contribution >= 0.6 is 45.3 Å². The molecule has 1 aliphatic carbocycles. The van der Waals surface area contributed by atoms with Crippen molar-refractivity contribution >= 4 is 68.5 Å². The topological polar surface area (TPSA) is 68.3 Å². The maximum atomic E-state index is 13.9. The predicted molar refractivity (Wildman–Crippen MR) is 148 cm³/mol. The molecule has 0 bridgehead atoms. The highest BCUT2D eigenvalue weighted by Crippen LogP contribution is 2.53. The van der Waals surface area contributed by atoms with Crippen LogP contribution in [0.1, 0.15) is 60.9 Å². The number of rotatable bonds is 8. The highest BCUT2D eigenvalue weighted by Gasteiger charge is 2.63. The van der Waals surface area contributed by atoms with E-state index in [1.165, 1.54) is 45.3 Å². The summed E-state index contributed by atoms with van der Waals surface area (Å²) >= 11 is 5.29. The zero-order chi connectivity index (χ0) is 25.7. The number of hydrogen-bond donors (Lipinski definition) is 0. The first-order chi connectivity index (χ1) is 17.2. The van der Waals surface area contributed by atoms with Gasteiger partial charge in [-0.3, -0.25) is 19.2 Å². The average Bonchev–Trinajstić information content (AvgIpc) is 3.61. The molecule has 0 unspecified atom stereocenters. The van der Waals surface area contributed by atoms with Crippen LogP contribution in [0.15, 0.2) is 45.8 Å². The second-order valence-corrected chi connectivity index (χ2v) is 13.2. The molecular formula is C28H24O4S4. The SMILES string of the molecule is Cc1csc(C(=O)C2C(C(=O)c3cc(C)cs3)C(C(=O)c3cc(C)cs3)C2C(=O)c2cc(C)cs2)c1. The van der Waals surface area contributed by atoms with Gasteiger partial charge in [0, 0.05) is 23.7 Å². The summed E-state index contributed by atoms with van der Waals surface area (Å²) in [7, 11) is 0. The molecule has 0 radical (unpaired) electrons. The molecule has 8 heteroatoms. The number of carbonyl (C=O) groups is 4. The number of thiophene rings is 4. The van der Waals surface area contributed by atoms with Crippen molar-refractivity contribution in [3.05, 3.63) is 87.5 Å². The van der Waals surface area contributed by atoms with Crippen LogP contribution in [-0.4, -0.2) is 23.1 Å². The minimum Gasteiger partial charge on any atom is -0.293 e. The van der Waals surface area contributed by atoms with Gasteiger partial charge < -0.3 is 0 Å². The molecule has 0 spiro atoms. The van der Waals surface area contributed by atoms with E-state index in [2.05, 4.69) is 0 Å². The van der Waals surface area contributed by atoms with Gasteiger partial charge in [-0.2, -0.15) is 0 Å². The van der Waals surface area contributed by atoms with Crippen LogP contribution in [0.25, 0.3) is 0 Å². The smallest absolute Gasteiger partial charge is 0.177 e. The molecule has 36 heavy (non-hydrogen) atoms. The summed E-state index contributed by atoms with van der Waals surface area (Å²) in [4.78, 5) is 57.5. The Morgan fingerprint density at radius 1 is 0.444 bits per heavy atom. The number of Topliss-reactive ketones (excluding diaryl/α,β-unsaturated/α-hetero) is 4. The molecule has 1 fully saturated rings. The molecule has 0 N–H and O–H groups in total. The first kappa shape index (κ1) is 25.1. The van der Waals surface area contributed by atoms with Crippen molar-refractivity contribution in [3.63, 3.8) is 0 Å². The van der Waals surface area contributed by atoms with E-state index >= 15 is 0 Å². The normalized spacial score (nSPS) is 21.2. The van der Waals surface area contributed by atoms with Gasteiger partial charge in [-0.1, -0.05) is 0 Å². The standard InChI is InChI=1S/C28H24O4S4/c1-13-5-17(33-9-13)25(29)21-22(26(30)18-6-14(2)10-34-18)24(28(32)20-8-16(4)12-36-20)23(21)27(31)19-7-15(3)11-35-19/h5-12,21-24H,1-4H3. The van der Waals surface area contributed by atoms with E-state index < -0.39 is 23.7 Å². The summed E-state index contributed by atoms with van der Waals surface area (Å²) in [5.74, 6) is -4.39. The molecule has 0 aromatic carbocycles. The van der Waals surface area contributed by atoms with Gasteiger partial charge in [0.15, 0.2) is 23.1 Å². The summed E-state index contributed by atoms with van der Waals surface area (Å²) in [6.45, 7) is 7.64. The molecule has 1 saturated carbocycles. The van der Waals surface area contributed by atoms with Crippen molar-refractivity contribution in [2.45, 2.75) is 27.7 Å². The molecule has 184 valence electrons. The number of aryl methyl sites for hydroxylation is 4. The van der Waals surface area contributed by atoms with Gasteiger partial charge in [-0.05, 0) is 95.7 Å². The lowest BCUT2D eigenvalue weighted by atomic mass is 9.50. The molecule has 4 heterocycles. The van der Waals surface area contributed by atoms with Crippen molar-refractivity contribution in [2.75, 3.05) is 0 Å². The monoisotopic (exact) mass is 552 g/mol. The van der Waals surface area contributed by atoms with E-state index in [9.17, 15) is 19.2 Å². The number of hydrogen-bond acceptors (Lipinski definition) is 8. The maximum Gasteiger partial charge on any atom is 0.177 e. The van der Waals surface area contributed by atoms with E-state index in [1.54, 1.807) is 24.3 Å². The van der Waals surface area contributed by atoms with Gasteiger partial charge in [-0.25, -0.2) is 0 Å². The summed E-state index contributed by atoms with van der Waals surface area (Å²) < 4.78 is 0. The van der Waals surface area contributed by atoms with Crippen LogP contribution in [0.5, 0.6) is 0 Å². The van der Waals surface area contributed by atoms with Gasteiger partial charge in [0.2, 0.25) is 0 Å². The lowest BCUT2D eigenvalue weighted by Gasteiger charge is -2.48. The molecule has 0 atom stereocenters. The van der Waals surface area contributed by atoms with E-state index in [4.69, 9.17) is 0 Å². The van der Waals surface area contributed by atoms with Crippen LogP contribution in [0.4, 0.5) is 0 Å². The minimum absolute atomic E-state index is 0.224. The summed E-state index contributed by atoms with van der Waals surface area (Å²) in [5.41, 5.74) is 3.83. The molecular weight excluding hydrogens is 529 g/mol. The molecule has 0 saturated heterocycles. The summed E-state index contributed by atoms with van der Waals surface area (Å²) in [6.07, 6.45) is 0. The third-order valence-electron chi connectivity index (χ3n) is 6.65. The van der Waals surface area contributed by atoms with Crippen LogP contribution in [0.2, 0.25) is 0 Å². The van der Waals surface area contributed by atoms with Gasteiger partial charge in [0.05, 0.1) is 19.5 Å². The van der Waals surface area contributed by atoms with Gasteiger partial charge >= 0.3 is 0 Å². The molecule has 0 aliphatic heterocycles. The van der Waals surface area contributed by atoms with Crippen molar-refractivity contribution in [1.82, 2.24) is 0 Å². The molecule has 1 aliphatic rings. The number of ketones is 4. The fraction of sp³-hybridized carbons (Fsp3) is 0.286. The fourth-order valence-corrected chi connectivity index (χ4v) is 8.50. The highest BCUT2D eigenvalue weighted by atomic mass is 32.1. The Kier molecular flexibility index (Phi) is 6.80. The van der Waals surface area contributed by atoms with Crippen LogP contribution < -0.4 is 0 Å². The Bertz CT molecular complexity index is 1260. The van der Waals surface area contributed by atoms with E-state index in [0.717, 1.165) is 22.3 Å². The molecule has 4 nitrogen and oxygen atoms in total. The largest absolute Gasteiger partial charge is 0.293 e. The van der Waals surface area contributed by atoms with Crippen molar-refractivity contribution in [2.24, 2.45) is 23.7 Å². The highest BCUT2D eigenvalue weighted by molar-refractivity contribution is 7.13. The Morgan fingerprint density at radius 3 is 0.778 bits per heavy atom. The van der Waals surface area contributed by atoms with E-state index in [-0.39, 0.29) is 23.1 Å².